The molecule has 6 heteroatoms. The number of allylic oxidation sites excluding steroid dienone is 1. The van der Waals surface area contributed by atoms with Gasteiger partial charge in [0.1, 0.15) is 12.7 Å². The van der Waals surface area contributed by atoms with Gasteiger partial charge < -0.3 is 10.2 Å². The van der Waals surface area contributed by atoms with Gasteiger partial charge >= 0.3 is 0 Å². The lowest BCUT2D eigenvalue weighted by Crippen LogP contribution is -2.39. The molecule has 0 saturated carbocycles. The topological polar surface area (TPSA) is 58.3 Å². The van der Waals surface area contributed by atoms with Gasteiger partial charge in [-0.05, 0) is 30.4 Å². The first-order valence-corrected chi connectivity index (χ1v) is 9.16. The van der Waals surface area contributed by atoms with Crippen LogP contribution < -0.4 is 5.32 Å². The third-order valence-electron chi connectivity index (χ3n) is 4.23. The molecule has 0 aliphatic rings. The summed E-state index contributed by atoms with van der Waals surface area (Å²) in [6.07, 6.45) is 9.97. The van der Waals surface area contributed by atoms with Crippen LogP contribution in [0.1, 0.15) is 36.8 Å². The SMILES string of the molecule is C=CCCCCCN(C)C(=NC)NCc1cccc(Cn2cncn2)c1. The van der Waals surface area contributed by atoms with E-state index in [4.69, 9.17) is 0 Å². The Bertz CT molecular complexity index is 677. The second-order valence-electron chi connectivity index (χ2n) is 6.37. The van der Waals surface area contributed by atoms with Gasteiger partial charge in [-0.25, -0.2) is 9.67 Å². The lowest BCUT2D eigenvalue weighted by atomic mass is 10.1. The predicted octanol–water partition coefficient (Wildman–Crippen LogP) is 3.08. The number of nitrogens with zero attached hydrogens (tertiary/aromatic N) is 5. The van der Waals surface area contributed by atoms with E-state index in [2.05, 4.69) is 63.2 Å². The van der Waals surface area contributed by atoms with Crippen molar-refractivity contribution in [3.05, 3.63) is 60.7 Å². The molecule has 2 rings (SSSR count). The number of hydrogen-bond acceptors (Lipinski definition) is 3. The largest absolute Gasteiger partial charge is 0.352 e. The van der Waals surface area contributed by atoms with Crippen LogP contribution in [-0.2, 0) is 13.1 Å². The predicted molar refractivity (Wildman–Crippen MR) is 107 cm³/mol. The first-order valence-electron chi connectivity index (χ1n) is 9.16. The molecule has 6 nitrogen and oxygen atoms in total. The maximum absolute atomic E-state index is 4.39. The van der Waals surface area contributed by atoms with Crippen LogP contribution >= 0.6 is 0 Å². The molecule has 1 heterocycles. The molecule has 0 radical (unpaired) electrons. The highest BCUT2D eigenvalue weighted by Crippen LogP contribution is 2.07. The molecule has 1 aromatic heterocycles. The van der Waals surface area contributed by atoms with Crippen LogP contribution in [0.2, 0.25) is 0 Å². The molecule has 26 heavy (non-hydrogen) atoms. The fourth-order valence-corrected chi connectivity index (χ4v) is 2.83. The van der Waals surface area contributed by atoms with E-state index in [1.807, 2.05) is 17.8 Å². The van der Waals surface area contributed by atoms with Crippen LogP contribution in [0.25, 0.3) is 0 Å². The molecular formula is C20H30N6. The molecule has 0 spiro atoms. The number of unbranched alkanes of at least 4 members (excludes halogenated alkanes) is 3. The van der Waals surface area contributed by atoms with E-state index in [0.717, 1.165) is 32.0 Å². The van der Waals surface area contributed by atoms with Crippen molar-refractivity contribution in [1.82, 2.24) is 25.0 Å². The van der Waals surface area contributed by atoms with Crippen molar-refractivity contribution in [2.75, 3.05) is 20.6 Å². The molecule has 0 bridgehead atoms. The smallest absolute Gasteiger partial charge is 0.193 e. The highest BCUT2D eigenvalue weighted by Gasteiger charge is 2.06. The Morgan fingerprint density at radius 2 is 2.15 bits per heavy atom. The Hall–Kier alpha value is -2.63. The van der Waals surface area contributed by atoms with Crippen molar-refractivity contribution < 1.29 is 0 Å². The van der Waals surface area contributed by atoms with E-state index < -0.39 is 0 Å². The van der Waals surface area contributed by atoms with Crippen molar-refractivity contribution in [2.45, 2.75) is 38.8 Å². The van der Waals surface area contributed by atoms with Gasteiger partial charge in [-0.3, -0.25) is 4.99 Å². The van der Waals surface area contributed by atoms with Gasteiger partial charge in [0.05, 0.1) is 6.54 Å². The van der Waals surface area contributed by atoms with Crippen molar-refractivity contribution >= 4 is 5.96 Å². The molecule has 0 unspecified atom stereocenters. The Kier molecular flexibility index (Phi) is 8.39. The number of aromatic nitrogens is 3. The molecule has 1 aromatic carbocycles. The maximum Gasteiger partial charge on any atom is 0.193 e. The quantitative estimate of drug-likeness (QED) is 0.308. The zero-order valence-corrected chi connectivity index (χ0v) is 15.9. The molecule has 0 atom stereocenters. The molecule has 1 N–H and O–H groups in total. The van der Waals surface area contributed by atoms with Crippen LogP contribution in [0.5, 0.6) is 0 Å². The first kappa shape index (κ1) is 19.7. The average Bonchev–Trinajstić information content (AvgIpc) is 3.15. The number of hydrogen-bond donors (Lipinski definition) is 1. The standard InChI is InChI=1S/C20H30N6/c1-4-5-6-7-8-12-25(3)20(21-2)23-14-18-10-9-11-19(13-18)15-26-17-22-16-24-26/h4,9-11,13,16-17H,1,5-8,12,14-15H2,2-3H3,(H,21,23). The Balaban J connectivity index is 1.81. The highest BCUT2D eigenvalue weighted by atomic mass is 15.3. The van der Waals surface area contributed by atoms with E-state index in [1.54, 1.807) is 12.7 Å². The minimum atomic E-state index is 0.729. The maximum atomic E-state index is 4.39. The van der Waals surface area contributed by atoms with E-state index in [-0.39, 0.29) is 0 Å². The summed E-state index contributed by atoms with van der Waals surface area (Å²) in [5.41, 5.74) is 2.43. The van der Waals surface area contributed by atoms with Gasteiger partial charge in [-0.15, -0.1) is 6.58 Å². The summed E-state index contributed by atoms with van der Waals surface area (Å²) >= 11 is 0. The molecular weight excluding hydrogens is 324 g/mol. The third kappa shape index (κ3) is 6.70. The molecule has 0 fully saturated rings. The zero-order chi connectivity index (χ0) is 18.6. The van der Waals surface area contributed by atoms with Crippen LogP contribution in [-0.4, -0.2) is 46.3 Å². The summed E-state index contributed by atoms with van der Waals surface area (Å²) in [6.45, 7) is 6.25. The number of rotatable bonds is 10. The Labute approximate surface area is 156 Å². The first-order chi connectivity index (χ1) is 12.7. The number of benzene rings is 1. The van der Waals surface area contributed by atoms with Crippen molar-refractivity contribution in [3.63, 3.8) is 0 Å². The fraction of sp³-hybridized carbons (Fsp3) is 0.450. The molecule has 140 valence electrons. The van der Waals surface area contributed by atoms with Gasteiger partial charge in [0.2, 0.25) is 0 Å². The van der Waals surface area contributed by atoms with E-state index in [0.29, 0.717) is 0 Å². The third-order valence-corrected chi connectivity index (χ3v) is 4.23. The van der Waals surface area contributed by atoms with Gasteiger partial charge in [0.25, 0.3) is 0 Å². The minimum Gasteiger partial charge on any atom is -0.352 e. The minimum absolute atomic E-state index is 0.729. The van der Waals surface area contributed by atoms with Crippen LogP contribution in [0.4, 0.5) is 0 Å². The number of aliphatic imine (C=N–C) groups is 1. The number of nitrogens with one attached hydrogen (secondary N) is 1. The summed E-state index contributed by atoms with van der Waals surface area (Å²) in [5.74, 6) is 0.926. The normalized spacial score (nSPS) is 11.4. The highest BCUT2D eigenvalue weighted by molar-refractivity contribution is 5.79. The average molecular weight is 355 g/mol. The van der Waals surface area contributed by atoms with Gasteiger partial charge in [-0.2, -0.15) is 5.10 Å². The molecule has 0 amide bonds. The summed E-state index contributed by atoms with van der Waals surface area (Å²) < 4.78 is 1.83. The second-order valence-corrected chi connectivity index (χ2v) is 6.37. The summed E-state index contributed by atoms with van der Waals surface area (Å²) in [7, 11) is 3.92. The molecule has 0 saturated heterocycles. The van der Waals surface area contributed by atoms with E-state index >= 15 is 0 Å². The van der Waals surface area contributed by atoms with Crippen molar-refractivity contribution in [1.29, 1.82) is 0 Å². The lowest BCUT2D eigenvalue weighted by Gasteiger charge is -2.22. The van der Waals surface area contributed by atoms with Gasteiger partial charge in [0, 0.05) is 27.2 Å². The van der Waals surface area contributed by atoms with Crippen LogP contribution in [0.3, 0.4) is 0 Å². The fourth-order valence-electron chi connectivity index (χ4n) is 2.83. The monoisotopic (exact) mass is 354 g/mol. The van der Waals surface area contributed by atoms with E-state index in [9.17, 15) is 0 Å². The number of guanidine groups is 1. The van der Waals surface area contributed by atoms with Crippen molar-refractivity contribution in [3.8, 4) is 0 Å². The Morgan fingerprint density at radius 1 is 1.31 bits per heavy atom. The summed E-state index contributed by atoms with van der Waals surface area (Å²) in [4.78, 5) is 10.6. The molecule has 0 aliphatic heterocycles. The molecule has 2 aromatic rings. The van der Waals surface area contributed by atoms with Gasteiger partial charge in [-0.1, -0.05) is 36.8 Å². The zero-order valence-electron chi connectivity index (χ0n) is 15.9. The second kappa shape index (κ2) is 11.1. The van der Waals surface area contributed by atoms with Crippen molar-refractivity contribution in [2.24, 2.45) is 4.99 Å². The summed E-state index contributed by atoms with van der Waals surface area (Å²) in [6, 6.07) is 8.50. The molecule has 0 aliphatic carbocycles. The van der Waals surface area contributed by atoms with E-state index in [1.165, 1.54) is 30.4 Å². The Morgan fingerprint density at radius 3 is 2.88 bits per heavy atom. The van der Waals surface area contributed by atoms with Gasteiger partial charge in [0.15, 0.2) is 5.96 Å². The summed E-state index contributed by atoms with van der Waals surface area (Å²) in [5, 5.41) is 7.61. The lowest BCUT2D eigenvalue weighted by molar-refractivity contribution is 0.455. The van der Waals surface area contributed by atoms with Crippen LogP contribution in [0, 0.1) is 0 Å². The van der Waals surface area contributed by atoms with Crippen LogP contribution in [0.15, 0.2) is 54.6 Å².